The van der Waals surface area contributed by atoms with E-state index in [1.807, 2.05) is 0 Å². The molecule has 2 nitrogen and oxygen atoms in total. The van der Waals surface area contributed by atoms with Crippen molar-refractivity contribution in [2.24, 2.45) is 0 Å². The van der Waals surface area contributed by atoms with Crippen molar-refractivity contribution < 1.29 is 4.74 Å². The van der Waals surface area contributed by atoms with Gasteiger partial charge in [0.25, 0.3) is 0 Å². The Kier molecular flexibility index (Phi) is 3.34. The van der Waals surface area contributed by atoms with E-state index in [4.69, 9.17) is 17.0 Å². The summed E-state index contributed by atoms with van der Waals surface area (Å²) in [5.74, 6) is 0. The number of morpholine rings is 1. The van der Waals surface area contributed by atoms with E-state index in [0.717, 1.165) is 36.9 Å². The van der Waals surface area contributed by atoms with Crippen LogP contribution < -0.4 is 0 Å². The van der Waals surface area contributed by atoms with Crippen LogP contribution in [-0.2, 0) is 4.74 Å². The van der Waals surface area contributed by atoms with Gasteiger partial charge in [0.1, 0.15) is 4.99 Å². The van der Waals surface area contributed by atoms with E-state index in [2.05, 4.69) is 36.1 Å². The molecule has 3 heteroatoms. The number of rotatable bonds is 1. The first kappa shape index (κ1) is 10.6. The monoisotopic (exact) mass is 221 g/mol. The molecule has 0 saturated carbocycles. The topological polar surface area (TPSA) is 12.5 Å². The highest BCUT2D eigenvalue weighted by Crippen LogP contribution is 2.09. The van der Waals surface area contributed by atoms with E-state index in [1.165, 1.54) is 5.56 Å². The van der Waals surface area contributed by atoms with Crippen LogP contribution in [0.2, 0.25) is 0 Å². The molecule has 1 saturated heterocycles. The van der Waals surface area contributed by atoms with E-state index in [0.29, 0.717) is 0 Å². The Balaban J connectivity index is 2.09. The first-order valence-electron chi connectivity index (χ1n) is 5.21. The van der Waals surface area contributed by atoms with Gasteiger partial charge in [-0.3, -0.25) is 0 Å². The Morgan fingerprint density at radius 3 is 2.40 bits per heavy atom. The summed E-state index contributed by atoms with van der Waals surface area (Å²) in [6.07, 6.45) is 0. The second kappa shape index (κ2) is 4.73. The molecular weight excluding hydrogens is 206 g/mol. The van der Waals surface area contributed by atoms with Crippen LogP contribution in [-0.4, -0.2) is 36.2 Å². The zero-order valence-corrected chi connectivity index (χ0v) is 9.72. The van der Waals surface area contributed by atoms with Crippen LogP contribution in [0.3, 0.4) is 0 Å². The number of hydrogen-bond acceptors (Lipinski definition) is 2. The largest absolute Gasteiger partial charge is 0.378 e. The second-order valence-electron chi connectivity index (χ2n) is 3.77. The molecule has 0 N–H and O–H groups in total. The molecular formula is C12H15NOS. The molecule has 0 unspecified atom stereocenters. The van der Waals surface area contributed by atoms with Crippen LogP contribution in [0, 0.1) is 6.92 Å². The summed E-state index contributed by atoms with van der Waals surface area (Å²) in [5, 5.41) is 0. The lowest BCUT2D eigenvalue weighted by molar-refractivity contribution is 0.0693. The highest BCUT2D eigenvalue weighted by atomic mass is 32.1. The maximum atomic E-state index is 5.45. The number of aryl methyl sites for hydroxylation is 1. The summed E-state index contributed by atoms with van der Waals surface area (Å²) in [6.45, 7) is 5.47. The lowest BCUT2D eigenvalue weighted by atomic mass is 10.1. The highest BCUT2D eigenvalue weighted by Gasteiger charge is 2.14. The molecule has 0 atom stereocenters. The Hall–Kier alpha value is -0.930. The van der Waals surface area contributed by atoms with Gasteiger partial charge in [-0.2, -0.15) is 0 Å². The van der Waals surface area contributed by atoms with Crippen LogP contribution in [0.15, 0.2) is 24.3 Å². The molecule has 1 aromatic rings. The van der Waals surface area contributed by atoms with Gasteiger partial charge in [0, 0.05) is 18.7 Å². The van der Waals surface area contributed by atoms with Gasteiger partial charge in [0.15, 0.2) is 0 Å². The van der Waals surface area contributed by atoms with Gasteiger partial charge in [-0.25, -0.2) is 0 Å². The molecule has 2 rings (SSSR count). The van der Waals surface area contributed by atoms with Gasteiger partial charge in [-0.05, 0) is 6.92 Å². The van der Waals surface area contributed by atoms with E-state index in [9.17, 15) is 0 Å². The standard InChI is InChI=1S/C12H15NOS/c1-10-2-4-11(5-3-10)12(15)13-6-8-14-9-7-13/h2-5H,6-9H2,1H3. The Morgan fingerprint density at radius 1 is 1.20 bits per heavy atom. The molecule has 1 fully saturated rings. The Labute approximate surface area is 95.8 Å². The second-order valence-corrected chi connectivity index (χ2v) is 4.16. The molecule has 15 heavy (non-hydrogen) atoms. The van der Waals surface area contributed by atoms with Crippen LogP contribution in [0.5, 0.6) is 0 Å². The third-order valence-corrected chi connectivity index (χ3v) is 3.09. The van der Waals surface area contributed by atoms with Gasteiger partial charge in [-0.1, -0.05) is 42.0 Å². The predicted molar refractivity (Wildman–Crippen MR) is 65.3 cm³/mol. The minimum Gasteiger partial charge on any atom is -0.378 e. The fraction of sp³-hybridized carbons (Fsp3) is 0.417. The minimum atomic E-state index is 0.784. The average Bonchev–Trinajstić information content (AvgIpc) is 2.30. The maximum Gasteiger partial charge on any atom is 0.109 e. The normalized spacial score (nSPS) is 16.5. The van der Waals surface area contributed by atoms with Crippen molar-refractivity contribution in [1.29, 1.82) is 0 Å². The molecule has 0 amide bonds. The SMILES string of the molecule is Cc1ccc(C(=S)N2CCOCC2)cc1. The van der Waals surface area contributed by atoms with E-state index >= 15 is 0 Å². The van der Waals surface area contributed by atoms with E-state index in [-0.39, 0.29) is 0 Å². The summed E-state index contributed by atoms with van der Waals surface area (Å²) in [6, 6.07) is 8.38. The molecule has 0 aliphatic carbocycles. The van der Waals surface area contributed by atoms with Crippen molar-refractivity contribution >= 4 is 17.2 Å². The van der Waals surface area contributed by atoms with Gasteiger partial charge in [-0.15, -0.1) is 0 Å². The highest BCUT2D eigenvalue weighted by molar-refractivity contribution is 7.80. The fourth-order valence-corrected chi connectivity index (χ4v) is 1.96. The molecule has 0 bridgehead atoms. The first-order valence-corrected chi connectivity index (χ1v) is 5.62. The Bertz CT molecular complexity index is 341. The number of hydrogen-bond donors (Lipinski definition) is 0. The molecule has 0 radical (unpaired) electrons. The van der Waals surface area contributed by atoms with E-state index in [1.54, 1.807) is 0 Å². The van der Waals surface area contributed by atoms with Crippen LogP contribution in [0.4, 0.5) is 0 Å². The predicted octanol–water partition coefficient (Wildman–Crippen LogP) is 2.00. The molecule has 1 heterocycles. The van der Waals surface area contributed by atoms with Crippen molar-refractivity contribution in [3.63, 3.8) is 0 Å². The first-order chi connectivity index (χ1) is 7.27. The van der Waals surface area contributed by atoms with Gasteiger partial charge in [0.05, 0.1) is 13.2 Å². The summed E-state index contributed by atoms with van der Waals surface area (Å²) < 4.78 is 5.30. The third kappa shape index (κ3) is 2.55. The van der Waals surface area contributed by atoms with Gasteiger partial charge in [0.2, 0.25) is 0 Å². The number of thiocarbonyl (C=S) groups is 1. The smallest absolute Gasteiger partial charge is 0.109 e. The summed E-state index contributed by atoms with van der Waals surface area (Å²) >= 11 is 5.45. The molecule has 0 spiro atoms. The number of ether oxygens (including phenoxy) is 1. The quantitative estimate of drug-likeness (QED) is 0.673. The molecule has 1 aromatic carbocycles. The molecule has 1 aliphatic heterocycles. The van der Waals surface area contributed by atoms with Gasteiger partial charge < -0.3 is 9.64 Å². The van der Waals surface area contributed by atoms with Crippen molar-refractivity contribution in [1.82, 2.24) is 4.90 Å². The van der Waals surface area contributed by atoms with Crippen molar-refractivity contribution in [2.45, 2.75) is 6.92 Å². The third-order valence-electron chi connectivity index (χ3n) is 2.60. The van der Waals surface area contributed by atoms with Gasteiger partial charge >= 0.3 is 0 Å². The fourth-order valence-electron chi connectivity index (χ4n) is 1.65. The summed E-state index contributed by atoms with van der Waals surface area (Å²) in [7, 11) is 0. The van der Waals surface area contributed by atoms with Crippen molar-refractivity contribution in [3.05, 3.63) is 35.4 Å². The number of benzene rings is 1. The lowest BCUT2D eigenvalue weighted by Gasteiger charge is -2.29. The van der Waals surface area contributed by atoms with Crippen LogP contribution >= 0.6 is 12.2 Å². The maximum absolute atomic E-state index is 5.45. The zero-order chi connectivity index (χ0) is 10.7. The average molecular weight is 221 g/mol. The summed E-state index contributed by atoms with van der Waals surface area (Å²) in [4.78, 5) is 3.15. The van der Waals surface area contributed by atoms with Crippen molar-refractivity contribution in [2.75, 3.05) is 26.3 Å². The number of nitrogens with zero attached hydrogens (tertiary/aromatic N) is 1. The lowest BCUT2D eigenvalue weighted by Crippen LogP contribution is -2.40. The van der Waals surface area contributed by atoms with Crippen LogP contribution in [0.25, 0.3) is 0 Å². The minimum absolute atomic E-state index is 0.784. The van der Waals surface area contributed by atoms with E-state index < -0.39 is 0 Å². The summed E-state index contributed by atoms with van der Waals surface area (Å²) in [5.41, 5.74) is 2.40. The molecule has 80 valence electrons. The van der Waals surface area contributed by atoms with Crippen molar-refractivity contribution in [3.8, 4) is 0 Å². The molecule has 0 aromatic heterocycles. The van der Waals surface area contributed by atoms with Crippen LogP contribution in [0.1, 0.15) is 11.1 Å². The molecule has 1 aliphatic rings. The zero-order valence-electron chi connectivity index (χ0n) is 8.90. The Morgan fingerprint density at radius 2 is 1.80 bits per heavy atom.